The largest absolute Gasteiger partial charge is 0.269 e. The Morgan fingerprint density at radius 2 is 1.63 bits per heavy atom. The van der Waals surface area contributed by atoms with Crippen molar-refractivity contribution in [3.63, 3.8) is 0 Å². The van der Waals surface area contributed by atoms with Crippen LogP contribution in [0.25, 0.3) is 10.9 Å². The van der Waals surface area contributed by atoms with Gasteiger partial charge in [-0.3, -0.25) is 0 Å². The highest BCUT2D eigenvalue weighted by molar-refractivity contribution is 7.90. The van der Waals surface area contributed by atoms with E-state index in [-0.39, 0.29) is 10.6 Å². The van der Waals surface area contributed by atoms with Crippen molar-refractivity contribution in [2.24, 2.45) is 0 Å². The van der Waals surface area contributed by atoms with E-state index in [1.165, 1.54) is 12.1 Å². The van der Waals surface area contributed by atoms with E-state index in [2.05, 4.69) is 12.9 Å². The maximum absolute atomic E-state index is 13.2. The molecule has 0 unspecified atom stereocenters. The topological polar surface area (TPSA) is 72.1 Å². The van der Waals surface area contributed by atoms with E-state index >= 15 is 0 Å². The fourth-order valence-electron chi connectivity index (χ4n) is 3.55. The van der Waals surface area contributed by atoms with Gasteiger partial charge in [0.25, 0.3) is 10.0 Å². The summed E-state index contributed by atoms with van der Waals surface area (Å²) >= 11 is 3.05. The number of aromatic nitrogens is 1. The number of nitrogens with zero attached hydrogens (tertiary/aromatic N) is 2. The second kappa shape index (κ2) is 8.36. The smallest absolute Gasteiger partial charge is 0.224 e. The van der Waals surface area contributed by atoms with Crippen molar-refractivity contribution in [1.82, 2.24) is 3.97 Å². The molecular weight excluding hydrogens is 416 g/mol. The molecule has 5 nitrogen and oxygen atoms in total. The Balaban J connectivity index is 1.79. The van der Waals surface area contributed by atoms with Crippen molar-refractivity contribution in [1.29, 1.82) is 5.26 Å². The molecule has 150 valence electrons. The summed E-state index contributed by atoms with van der Waals surface area (Å²) in [5.41, 5.74) is 3.76. The molecule has 1 aromatic heterocycles. The zero-order chi connectivity index (χ0) is 21.1. The molecule has 0 saturated carbocycles. The summed E-state index contributed by atoms with van der Waals surface area (Å²) in [4.78, 5) is 0.145. The van der Waals surface area contributed by atoms with E-state index in [4.69, 9.17) is 4.18 Å². The van der Waals surface area contributed by atoms with E-state index in [1.54, 1.807) is 30.3 Å². The van der Waals surface area contributed by atoms with Crippen LogP contribution in [0.1, 0.15) is 22.4 Å². The van der Waals surface area contributed by atoms with Crippen LogP contribution >= 0.6 is 0 Å². The lowest BCUT2D eigenvalue weighted by molar-refractivity contribution is 0.367. The zero-order valence-corrected chi connectivity index (χ0v) is 17.8. The van der Waals surface area contributed by atoms with Gasteiger partial charge < -0.3 is 0 Å². The summed E-state index contributed by atoms with van der Waals surface area (Å²) in [5.74, 6) is 0. The Hall–Kier alpha value is -3.05. The standard InChI is InChI=1S/C23H18N2O3S2/c24-15-21-14-20-13-17(12-18-6-4-5-7-19(18)16-28-29)10-11-23(20)25(21)30(26,27)22-8-2-1-3-9-22/h1-11,13-14,29H,12,16H2/p+1. The van der Waals surface area contributed by atoms with Crippen LogP contribution < -0.4 is 0 Å². The molecule has 0 atom stereocenters. The molecule has 0 fully saturated rings. The molecule has 0 saturated heterocycles. The van der Waals surface area contributed by atoms with Gasteiger partial charge in [-0.05, 0) is 53.4 Å². The second-order valence-electron chi connectivity index (χ2n) is 6.85. The van der Waals surface area contributed by atoms with Gasteiger partial charge in [0.2, 0.25) is 0 Å². The van der Waals surface area contributed by atoms with Crippen molar-refractivity contribution in [3.05, 3.63) is 101 Å². The number of hydrogen-bond acceptors (Lipinski definition) is 4. The van der Waals surface area contributed by atoms with Gasteiger partial charge in [-0.2, -0.15) is 9.44 Å². The van der Waals surface area contributed by atoms with Crippen molar-refractivity contribution < 1.29 is 12.6 Å². The fraction of sp³-hybridized carbons (Fsp3) is 0.0870. The molecule has 4 aromatic rings. The van der Waals surface area contributed by atoms with Gasteiger partial charge in [-0.1, -0.05) is 48.5 Å². The van der Waals surface area contributed by atoms with Gasteiger partial charge in [0.15, 0.2) is 0 Å². The molecule has 0 aliphatic carbocycles. The van der Waals surface area contributed by atoms with Crippen molar-refractivity contribution in [3.8, 4) is 6.07 Å². The molecule has 0 N–H and O–H groups in total. The monoisotopic (exact) mass is 435 g/mol. The number of nitriles is 1. The minimum absolute atomic E-state index is 0.0823. The number of fused-ring (bicyclic) bond motifs is 1. The third kappa shape index (κ3) is 3.73. The van der Waals surface area contributed by atoms with E-state index in [9.17, 15) is 13.7 Å². The van der Waals surface area contributed by atoms with Crippen molar-refractivity contribution in [2.75, 3.05) is 0 Å². The van der Waals surface area contributed by atoms with Gasteiger partial charge >= 0.3 is 0 Å². The molecule has 4 rings (SSSR count). The van der Waals surface area contributed by atoms with Gasteiger partial charge in [0.05, 0.1) is 10.4 Å². The average Bonchev–Trinajstić information content (AvgIpc) is 3.14. The van der Waals surface area contributed by atoms with Gasteiger partial charge in [-0.15, -0.1) is 0 Å². The van der Waals surface area contributed by atoms with E-state index in [0.29, 0.717) is 23.9 Å². The minimum atomic E-state index is -3.88. The Bertz CT molecular complexity index is 1350. The summed E-state index contributed by atoms with van der Waals surface area (Å²) in [6.07, 6.45) is 0.667. The van der Waals surface area contributed by atoms with Crippen LogP contribution in [0.3, 0.4) is 0 Å². The molecule has 0 amide bonds. The lowest BCUT2D eigenvalue weighted by atomic mass is 9.99. The van der Waals surface area contributed by atoms with Crippen LogP contribution in [-0.4, -0.2) is 12.4 Å². The van der Waals surface area contributed by atoms with Gasteiger partial charge in [0.1, 0.15) is 31.3 Å². The molecule has 30 heavy (non-hydrogen) atoms. The quantitative estimate of drug-likeness (QED) is 0.432. The first-order chi connectivity index (χ1) is 14.5. The molecule has 1 heterocycles. The number of hydrogen-bond donors (Lipinski definition) is 0. The zero-order valence-electron chi connectivity index (χ0n) is 15.9. The third-order valence-electron chi connectivity index (χ3n) is 4.96. The first-order valence-electron chi connectivity index (χ1n) is 9.25. The van der Waals surface area contributed by atoms with Gasteiger partial charge in [0, 0.05) is 5.39 Å². The summed E-state index contributed by atoms with van der Waals surface area (Å²) in [5, 5.41) is 10.3. The van der Waals surface area contributed by atoms with Crippen LogP contribution in [0, 0.1) is 11.3 Å². The van der Waals surface area contributed by atoms with E-state index in [1.807, 2.05) is 42.5 Å². The van der Waals surface area contributed by atoms with Crippen LogP contribution in [-0.2, 0) is 40.1 Å². The Morgan fingerprint density at radius 1 is 0.933 bits per heavy atom. The number of rotatable bonds is 6. The second-order valence-corrected chi connectivity index (χ2v) is 8.93. The molecule has 7 heteroatoms. The van der Waals surface area contributed by atoms with Crippen LogP contribution in [0.15, 0.2) is 83.8 Å². The first-order valence-corrected chi connectivity index (χ1v) is 11.1. The highest BCUT2D eigenvalue weighted by Crippen LogP contribution is 2.27. The predicted octanol–water partition coefficient (Wildman–Crippen LogP) is 3.78. The minimum Gasteiger partial charge on any atom is -0.224 e. The molecule has 0 radical (unpaired) electrons. The molecule has 3 aromatic carbocycles. The lowest BCUT2D eigenvalue weighted by Gasteiger charge is -2.10. The SMILES string of the molecule is N#Cc1cc2cc(Cc3ccccc3CO[SH2+])ccc2n1S(=O)(=O)c1ccccc1. The lowest BCUT2D eigenvalue weighted by Crippen LogP contribution is -2.14. The Kier molecular flexibility index (Phi) is 5.64. The average molecular weight is 436 g/mol. The molecule has 0 aliphatic heterocycles. The van der Waals surface area contributed by atoms with E-state index < -0.39 is 10.0 Å². The normalized spacial score (nSPS) is 11.5. The van der Waals surface area contributed by atoms with Gasteiger partial charge in [-0.25, -0.2) is 12.4 Å². The van der Waals surface area contributed by atoms with Crippen LogP contribution in [0.4, 0.5) is 0 Å². The van der Waals surface area contributed by atoms with Crippen molar-refractivity contribution >= 4 is 33.8 Å². The Labute approximate surface area is 180 Å². The van der Waals surface area contributed by atoms with Crippen LogP contribution in [0.2, 0.25) is 0 Å². The fourth-order valence-corrected chi connectivity index (χ4v) is 5.20. The van der Waals surface area contributed by atoms with Crippen molar-refractivity contribution in [2.45, 2.75) is 17.9 Å². The Morgan fingerprint density at radius 3 is 2.33 bits per heavy atom. The first kappa shape index (κ1) is 20.2. The van der Waals surface area contributed by atoms with E-state index in [0.717, 1.165) is 20.7 Å². The summed E-state index contributed by atoms with van der Waals surface area (Å²) < 4.78 is 32.6. The highest BCUT2D eigenvalue weighted by Gasteiger charge is 2.23. The molecule has 0 spiro atoms. The molecule has 0 aliphatic rings. The predicted molar refractivity (Wildman–Crippen MR) is 120 cm³/mol. The molecular formula is C23H19N2O3S2+. The third-order valence-corrected chi connectivity index (χ3v) is 6.84. The highest BCUT2D eigenvalue weighted by atomic mass is 32.2. The number of benzene rings is 3. The van der Waals surface area contributed by atoms with Crippen LogP contribution in [0.5, 0.6) is 0 Å². The summed E-state index contributed by atoms with van der Waals surface area (Å²) in [6.45, 7) is 0.444. The maximum atomic E-state index is 13.2. The summed E-state index contributed by atoms with van der Waals surface area (Å²) in [6, 6.07) is 25.3. The summed E-state index contributed by atoms with van der Waals surface area (Å²) in [7, 11) is -3.88. The molecule has 0 bridgehead atoms. The maximum Gasteiger partial charge on any atom is 0.269 e.